The molecule has 1 amide bonds. The summed E-state index contributed by atoms with van der Waals surface area (Å²) in [4.78, 5) is 11.9. The highest BCUT2D eigenvalue weighted by Crippen LogP contribution is 2.40. The molecule has 12 heteroatoms. The third-order valence-corrected chi connectivity index (χ3v) is 38.4. The van der Waals surface area contributed by atoms with Gasteiger partial charge in [0.25, 0.3) is 0 Å². The Morgan fingerprint density at radius 1 is 0.333 bits per heavy atom. The van der Waals surface area contributed by atoms with Crippen molar-refractivity contribution in [3.8, 4) is 51.1 Å². The zero-order valence-corrected chi connectivity index (χ0v) is 79.6. The molecule has 1 N–H and O–H groups in total. The number of anilines is 1. The van der Waals surface area contributed by atoms with Crippen molar-refractivity contribution in [3.05, 3.63) is 418 Å². The van der Waals surface area contributed by atoms with E-state index < -0.39 is 24.2 Å². The number of nitrogens with one attached hydrogen (secondary N) is 1. The number of carbonyl (C=O) groups is 1. The zero-order chi connectivity index (χ0) is 90.2. The maximum Gasteiger partial charge on any atom is 0.248 e. The van der Waals surface area contributed by atoms with Crippen LogP contribution in [0.4, 0.5) is 5.69 Å². The normalized spacial score (nSPS) is 12.4. The average Bonchev–Trinajstić information content (AvgIpc) is 1.59. The number of para-hydroxylation sites is 8. The molecule has 17 aromatic carbocycles. The summed E-state index contributed by atoms with van der Waals surface area (Å²) in [5.41, 5.74) is 21.7. The van der Waals surface area contributed by atoms with Gasteiger partial charge in [-0.15, -0.1) is 10.2 Å². The van der Waals surface area contributed by atoms with E-state index in [1.54, 1.807) is 0 Å². The molecule has 0 aliphatic carbocycles. The largest absolute Gasteiger partial charge is 0.416 e. The standard InChI is InChI=1S/C54H45N3OSi.C36H34N2Si.C30H30N2OSi/c1-37(39-25-27-43(28-26-39)53-55-56-54(58-53)50-16-10-12-42-11-4-5-13-47(42)50)19-20-38-21-23-40(24-22-38)41-29-33-45(34-30-41)59(2,3)46-35-31-44(32-36-46)57-51-17-8-6-14-48(51)49-15-7-9-18-52(49)57;1-26(37-33-16-8-4-12-29(33)30-13-5-9-17-34(30)37)24-25-39(2,3)28-22-20-27(21-23-28)38-35-18-10-6-14-31(35)32-15-7-11-19-36(32)38;1-4-9-30(33)31-22-14-18-24(19-15-22)34(2,3)25-20-16-23(17-21-25)32-28-12-7-5-10-26(28)27-11-6-8-13-29(27)32/h4-18,21-37H,19-20H2,1-3H3;4-23,26H,24-25H2,1-3H3;5-8,10-21H,4,9H2,1-3H3,(H,31,33). The fourth-order valence-electron chi connectivity index (χ4n) is 20.1. The number of nitrogens with zero attached hydrogens (tertiary/aromatic N) is 6. The van der Waals surface area contributed by atoms with E-state index in [0.717, 1.165) is 46.8 Å². The van der Waals surface area contributed by atoms with Crippen molar-refractivity contribution in [1.82, 2.24) is 28.5 Å². The predicted octanol–water partition coefficient (Wildman–Crippen LogP) is 28.7. The number of hydrogen-bond donors (Lipinski definition) is 1. The van der Waals surface area contributed by atoms with E-state index in [1.165, 1.54) is 165 Å². The summed E-state index contributed by atoms with van der Waals surface area (Å²) in [5.74, 6) is 1.57. The molecule has 9 nitrogen and oxygen atoms in total. The van der Waals surface area contributed by atoms with Crippen molar-refractivity contribution < 1.29 is 9.21 Å². The van der Waals surface area contributed by atoms with Gasteiger partial charge in [0.15, 0.2) is 0 Å². The van der Waals surface area contributed by atoms with Crippen LogP contribution in [-0.4, -0.2) is 58.6 Å². The van der Waals surface area contributed by atoms with E-state index >= 15 is 0 Å². The van der Waals surface area contributed by atoms with Crippen molar-refractivity contribution in [2.75, 3.05) is 5.32 Å². The summed E-state index contributed by atoms with van der Waals surface area (Å²) in [7, 11) is -5.41. The first kappa shape index (κ1) is 85.6. The molecule has 648 valence electrons. The van der Waals surface area contributed by atoms with Gasteiger partial charge < -0.3 is 28.0 Å². The number of rotatable bonds is 22. The van der Waals surface area contributed by atoms with Crippen LogP contribution in [0.15, 0.2) is 411 Å². The Kier molecular flexibility index (Phi) is 23.6. The predicted molar refractivity (Wildman–Crippen MR) is 568 cm³/mol. The summed E-state index contributed by atoms with van der Waals surface area (Å²) in [5, 5.41) is 31.6. The second-order valence-electron chi connectivity index (χ2n) is 37.3. The number of benzene rings is 17. The molecule has 0 aliphatic rings. The molecule has 5 aromatic heterocycles. The molecule has 0 aliphatic heterocycles. The molecule has 0 bridgehead atoms. The van der Waals surface area contributed by atoms with Gasteiger partial charge in [0, 0.05) is 100 Å². The van der Waals surface area contributed by atoms with E-state index in [4.69, 9.17) is 4.42 Å². The third kappa shape index (κ3) is 16.6. The van der Waals surface area contributed by atoms with Crippen LogP contribution in [0.2, 0.25) is 45.3 Å². The minimum absolute atomic E-state index is 0.0763. The highest BCUT2D eigenvalue weighted by atomic mass is 28.3. The summed E-state index contributed by atoms with van der Waals surface area (Å²) < 4.78 is 15.9. The Balaban J connectivity index is 0.000000130. The molecule has 22 aromatic rings. The van der Waals surface area contributed by atoms with E-state index in [2.05, 4.69) is 457 Å². The number of aryl methyl sites for hydroxylation is 1. The lowest BCUT2D eigenvalue weighted by Crippen LogP contribution is -2.52. The van der Waals surface area contributed by atoms with Crippen LogP contribution in [-0.2, 0) is 11.2 Å². The topological polar surface area (TPSA) is 87.7 Å². The summed E-state index contributed by atoms with van der Waals surface area (Å²) >= 11 is 0. The van der Waals surface area contributed by atoms with Crippen molar-refractivity contribution in [3.63, 3.8) is 0 Å². The summed E-state index contributed by atoms with van der Waals surface area (Å²) in [6.07, 6.45) is 4.68. The number of carbonyl (C=O) groups excluding carboxylic acids is 1. The lowest BCUT2D eigenvalue weighted by Gasteiger charge is -2.26. The highest BCUT2D eigenvalue weighted by molar-refractivity contribution is 7.01. The molecule has 0 radical (unpaired) electrons. The minimum Gasteiger partial charge on any atom is -0.416 e. The smallest absolute Gasteiger partial charge is 0.248 e. The molecule has 0 saturated heterocycles. The van der Waals surface area contributed by atoms with Crippen molar-refractivity contribution >= 4 is 160 Å². The van der Waals surface area contributed by atoms with E-state index in [1.807, 2.05) is 43.3 Å². The average molecular weight is 1770 g/mol. The third-order valence-electron chi connectivity index (χ3n) is 27.9. The molecule has 2 atom stereocenters. The highest BCUT2D eigenvalue weighted by Gasteiger charge is 2.30. The summed E-state index contributed by atoms with van der Waals surface area (Å²) in [6.45, 7) is 21.5. The van der Waals surface area contributed by atoms with Crippen LogP contribution in [0, 0.1) is 0 Å². The van der Waals surface area contributed by atoms with Crippen molar-refractivity contribution in [2.45, 2.75) is 110 Å². The first-order chi connectivity index (χ1) is 64.4. The maximum absolute atomic E-state index is 11.9. The van der Waals surface area contributed by atoms with Crippen LogP contribution in [0.25, 0.3) is 149 Å². The van der Waals surface area contributed by atoms with Crippen LogP contribution in [0.3, 0.4) is 0 Å². The molecular formula is C120H109N7O2Si3. The molecular weight excluding hydrogens is 1660 g/mol. The van der Waals surface area contributed by atoms with Gasteiger partial charge in [0.1, 0.15) is 16.1 Å². The van der Waals surface area contributed by atoms with E-state index in [-0.39, 0.29) is 5.91 Å². The molecule has 5 heterocycles. The van der Waals surface area contributed by atoms with Crippen LogP contribution in [0.5, 0.6) is 0 Å². The Morgan fingerprint density at radius 3 is 1.08 bits per heavy atom. The quantitative estimate of drug-likeness (QED) is 0.0685. The Bertz CT molecular complexity index is 7720. The van der Waals surface area contributed by atoms with E-state index in [9.17, 15) is 4.79 Å². The van der Waals surface area contributed by atoms with Crippen molar-refractivity contribution in [1.29, 1.82) is 0 Å². The zero-order valence-electron chi connectivity index (χ0n) is 76.6. The van der Waals surface area contributed by atoms with Gasteiger partial charge in [-0.3, -0.25) is 4.79 Å². The molecule has 0 spiro atoms. The fraction of sp³-hybridized carbons (Fsp3) is 0.142. The van der Waals surface area contributed by atoms with Crippen molar-refractivity contribution in [2.24, 2.45) is 0 Å². The van der Waals surface area contributed by atoms with Gasteiger partial charge in [0.05, 0.1) is 41.2 Å². The second-order valence-corrected chi connectivity index (χ2v) is 51.0. The van der Waals surface area contributed by atoms with Gasteiger partial charge in [-0.2, -0.15) is 0 Å². The van der Waals surface area contributed by atoms with Crippen LogP contribution < -0.4 is 31.3 Å². The maximum atomic E-state index is 11.9. The van der Waals surface area contributed by atoms with Gasteiger partial charge in [0.2, 0.25) is 17.7 Å². The monoisotopic (exact) mass is 1760 g/mol. The minimum atomic E-state index is -1.91. The summed E-state index contributed by atoms with van der Waals surface area (Å²) in [6, 6.07) is 149. The lowest BCUT2D eigenvalue weighted by atomic mass is 9.93. The van der Waals surface area contributed by atoms with Gasteiger partial charge in [-0.1, -0.05) is 376 Å². The molecule has 0 saturated carbocycles. The number of hydrogen-bond acceptors (Lipinski definition) is 4. The molecule has 0 fully saturated rings. The Morgan fingerprint density at radius 2 is 0.667 bits per heavy atom. The van der Waals surface area contributed by atoms with Gasteiger partial charge in [-0.25, -0.2) is 0 Å². The number of amides is 1. The number of aromatic nitrogens is 6. The molecule has 22 rings (SSSR count). The second kappa shape index (κ2) is 36.4. The lowest BCUT2D eigenvalue weighted by molar-refractivity contribution is -0.116. The molecule has 132 heavy (non-hydrogen) atoms. The van der Waals surface area contributed by atoms with E-state index in [0.29, 0.717) is 30.2 Å². The Hall–Kier alpha value is -14.5. The van der Waals surface area contributed by atoms with Gasteiger partial charge in [-0.05, 0) is 187 Å². The number of fused-ring (bicyclic) bond motifs is 13. The fourth-order valence-corrected chi connectivity index (χ4v) is 27.2. The van der Waals surface area contributed by atoms with Crippen LogP contribution >= 0.6 is 0 Å². The first-order valence-electron chi connectivity index (χ1n) is 46.7. The SMILES string of the molecule is CC(CC[Si](C)(C)c1ccc(-n2c3ccccc3c3ccccc32)cc1)n1c2ccccc2c2ccccc21.CC(CCc1ccc(-c2ccc([Si](C)(C)c3ccc(-n4c5ccccc5c5ccccc54)cc3)cc2)cc1)c1ccc(-c2nnc(-c3cccc4ccccc34)o2)cc1.CCCC(=O)Nc1ccc([Si](C)(C)c2ccc(-n3c4ccccc4c4ccccc43)cc2)cc1. The Labute approximate surface area is 776 Å². The van der Waals surface area contributed by atoms with Crippen LogP contribution in [0.1, 0.15) is 69.5 Å². The van der Waals surface area contributed by atoms with Gasteiger partial charge >= 0.3 is 0 Å². The molecule has 2 unspecified atom stereocenters. The first-order valence-corrected chi connectivity index (χ1v) is 55.9.